The number of rotatable bonds is 14. The van der Waals surface area contributed by atoms with Gasteiger partial charge in [0.1, 0.15) is 22.9 Å². The van der Waals surface area contributed by atoms with E-state index in [2.05, 4.69) is 102 Å². The van der Waals surface area contributed by atoms with Gasteiger partial charge < -0.3 is 21.7 Å². The zero-order chi connectivity index (χ0) is 37.0. The average molecular weight is 665 g/mol. The van der Waals surface area contributed by atoms with Crippen molar-refractivity contribution in [1.29, 1.82) is 0 Å². The molecular weight excluding hydrogens is 596 g/mol. The Bertz CT molecular complexity index is 1360. The van der Waals surface area contributed by atoms with E-state index in [-0.39, 0.29) is 46.1 Å². The predicted octanol–water partition coefficient (Wildman–Crippen LogP) is 9.19. The van der Waals surface area contributed by atoms with Gasteiger partial charge in [-0.2, -0.15) is 0 Å². The van der Waals surface area contributed by atoms with E-state index >= 15 is 0 Å². The first-order valence-electron chi connectivity index (χ1n) is 18.1. The lowest BCUT2D eigenvalue weighted by Crippen LogP contribution is -2.63. The number of Topliss-reactive ketones (excluding diaryl/α,β-unsaturated/α-hetero) is 2. The van der Waals surface area contributed by atoms with Gasteiger partial charge >= 0.3 is 0 Å². The maximum absolute atomic E-state index is 13.7. The molecule has 0 amide bonds. The predicted molar refractivity (Wildman–Crippen MR) is 201 cm³/mol. The summed E-state index contributed by atoms with van der Waals surface area (Å²) >= 11 is 0. The Morgan fingerprint density at radius 2 is 0.938 bits per heavy atom. The molecule has 0 aliphatic carbocycles. The molecule has 0 aromatic heterocycles. The molecule has 0 radical (unpaired) electrons. The molecule has 0 aliphatic heterocycles. The summed E-state index contributed by atoms with van der Waals surface area (Å²) in [4.78, 5) is 27.3. The summed E-state index contributed by atoms with van der Waals surface area (Å²) in [5, 5.41) is 22.2. The summed E-state index contributed by atoms with van der Waals surface area (Å²) in [7, 11) is 0. The zero-order valence-electron chi connectivity index (χ0n) is 32.6. The Morgan fingerprint density at radius 3 is 1.25 bits per heavy atom. The molecule has 1 unspecified atom stereocenters. The van der Waals surface area contributed by atoms with E-state index in [1.54, 1.807) is 0 Å². The second-order valence-corrected chi connectivity index (χ2v) is 18.3. The number of aryl methyl sites for hydroxylation is 2. The number of carbonyl (C=O) groups is 2. The Hall–Kier alpha value is -2.70. The van der Waals surface area contributed by atoms with Crippen LogP contribution in [0.5, 0.6) is 11.5 Å². The van der Waals surface area contributed by atoms with Crippen LogP contribution in [-0.4, -0.2) is 27.4 Å². The van der Waals surface area contributed by atoms with Crippen LogP contribution < -0.4 is 11.5 Å². The smallest absolute Gasteiger partial charge is 0.167 e. The lowest BCUT2D eigenvalue weighted by Gasteiger charge is -2.32. The molecule has 6 N–H and O–H groups in total. The highest BCUT2D eigenvalue weighted by molar-refractivity contribution is 5.95. The standard InChI is InChI=1S/C42H68N2O4/c1-14-15-20-29(34(45)21-16-18-27-23-30(38(2,3)4)36(47)31(24-27)39(5,6)7)42(43,44)35(46)22-17-19-28-25-32(40(8,9)10)37(48)33(26-28)41(11,12)13/h23-26,29,47-48H,14-22,43-44H2,1-13H3. The monoisotopic (exact) mass is 665 g/mol. The molecule has 6 nitrogen and oxygen atoms in total. The van der Waals surface area contributed by atoms with Gasteiger partial charge in [-0.3, -0.25) is 9.59 Å². The van der Waals surface area contributed by atoms with Crippen LogP contribution in [0.2, 0.25) is 0 Å². The number of phenolic OH excluding ortho intramolecular Hbond substituents is 2. The molecule has 0 saturated carbocycles. The number of hydrogen-bond acceptors (Lipinski definition) is 6. The van der Waals surface area contributed by atoms with E-state index in [1.807, 2.05) is 12.1 Å². The van der Waals surface area contributed by atoms with E-state index in [9.17, 15) is 19.8 Å². The molecule has 0 fully saturated rings. The Labute approximate surface area is 292 Å². The van der Waals surface area contributed by atoms with Crippen molar-refractivity contribution < 1.29 is 19.8 Å². The fourth-order valence-electron chi connectivity index (χ4n) is 6.54. The Morgan fingerprint density at radius 1 is 0.604 bits per heavy atom. The minimum absolute atomic E-state index is 0.0594. The van der Waals surface area contributed by atoms with Crippen molar-refractivity contribution in [2.75, 3.05) is 0 Å². The van der Waals surface area contributed by atoms with Crippen molar-refractivity contribution >= 4 is 11.6 Å². The summed E-state index contributed by atoms with van der Waals surface area (Å²) in [6.45, 7) is 27.1. The van der Waals surface area contributed by atoms with E-state index in [1.165, 1.54) is 0 Å². The van der Waals surface area contributed by atoms with Crippen molar-refractivity contribution in [1.82, 2.24) is 0 Å². The van der Waals surface area contributed by atoms with Crippen molar-refractivity contribution in [3.05, 3.63) is 57.6 Å². The number of aromatic hydroxyl groups is 2. The molecule has 6 heteroatoms. The van der Waals surface area contributed by atoms with Crippen molar-refractivity contribution in [2.45, 2.75) is 175 Å². The molecule has 2 rings (SSSR count). The highest BCUT2D eigenvalue weighted by atomic mass is 16.3. The molecule has 0 aliphatic rings. The molecule has 0 bridgehead atoms. The molecule has 1 atom stereocenters. The number of benzene rings is 2. The molecule has 2 aromatic carbocycles. The minimum Gasteiger partial charge on any atom is -0.507 e. The fraction of sp³-hybridized carbons (Fsp3) is 0.667. The van der Waals surface area contributed by atoms with Gasteiger partial charge in [-0.15, -0.1) is 0 Å². The first-order valence-corrected chi connectivity index (χ1v) is 18.1. The number of nitrogens with two attached hydrogens (primary N) is 2. The molecular formula is C42H68N2O4. The lowest BCUT2D eigenvalue weighted by molar-refractivity contribution is -0.134. The second kappa shape index (κ2) is 15.5. The molecule has 0 spiro atoms. The van der Waals surface area contributed by atoms with Gasteiger partial charge in [-0.1, -0.05) is 127 Å². The van der Waals surface area contributed by atoms with Gasteiger partial charge in [0.25, 0.3) is 0 Å². The first kappa shape index (κ1) is 41.5. The second-order valence-electron chi connectivity index (χ2n) is 18.3. The molecule has 2 aromatic rings. The van der Waals surface area contributed by atoms with Crippen LogP contribution in [-0.2, 0) is 44.1 Å². The van der Waals surface area contributed by atoms with Gasteiger partial charge in [0, 0.05) is 12.8 Å². The largest absolute Gasteiger partial charge is 0.507 e. The van der Waals surface area contributed by atoms with Gasteiger partial charge in [0.2, 0.25) is 0 Å². The lowest BCUT2D eigenvalue weighted by atomic mass is 9.77. The quantitative estimate of drug-likeness (QED) is 0.149. The van der Waals surface area contributed by atoms with Crippen LogP contribution in [0, 0.1) is 5.92 Å². The van der Waals surface area contributed by atoms with Crippen LogP contribution in [0.3, 0.4) is 0 Å². The molecule has 270 valence electrons. The maximum atomic E-state index is 13.7. The average Bonchev–Trinajstić information content (AvgIpc) is 2.92. The summed E-state index contributed by atoms with van der Waals surface area (Å²) in [5.74, 6) is -0.404. The number of hydrogen-bond donors (Lipinski definition) is 4. The van der Waals surface area contributed by atoms with E-state index in [0.29, 0.717) is 43.6 Å². The summed E-state index contributed by atoms with van der Waals surface area (Å²) in [6.07, 6.45) is 5.06. The first-order chi connectivity index (χ1) is 21.7. The normalized spacial score (nSPS) is 13.9. The van der Waals surface area contributed by atoms with Gasteiger partial charge in [0.05, 0.1) is 5.92 Å². The van der Waals surface area contributed by atoms with Gasteiger partial charge in [-0.25, -0.2) is 0 Å². The van der Waals surface area contributed by atoms with Crippen LogP contribution in [0.25, 0.3) is 0 Å². The SMILES string of the molecule is CCCCC(C(=O)CCCc1cc(C(C)(C)C)c(O)c(C(C)(C)C)c1)C(N)(N)C(=O)CCCc1cc(C(C)(C)C)c(O)c(C(C)(C)C)c1. The molecule has 48 heavy (non-hydrogen) atoms. The summed E-state index contributed by atoms with van der Waals surface area (Å²) < 4.78 is 0. The van der Waals surface area contributed by atoms with Gasteiger partial charge in [-0.05, 0) is 87.1 Å². The van der Waals surface area contributed by atoms with Crippen molar-refractivity contribution in [2.24, 2.45) is 17.4 Å². The number of phenols is 2. The van der Waals surface area contributed by atoms with Gasteiger partial charge in [0.15, 0.2) is 5.78 Å². The highest BCUT2D eigenvalue weighted by Crippen LogP contribution is 2.41. The topological polar surface area (TPSA) is 127 Å². The zero-order valence-corrected chi connectivity index (χ0v) is 32.6. The number of carbonyl (C=O) groups excluding carboxylic acids is 2. The molecule has 0 heterocycles. The third-order valence-corrected chi connectivity index (χ3v) is 9.62. The Kier molecular flexibility index (Phi) is 13.4. The highest BCUT2D eigenvalue weighted by Gasteiger charge is 2.41. The van der Waals surface area contributed by atoms with Crippen LogP contribution in [0.4, 0.5) is 0 Å². The third kappa shape index (κ3) is 10.6. The van der Waals surface area contributed by atoms with E-state index < -0.39 is 11.6 Å². The van der Waals surface area contributed by atoms with E-state index in [0.717, 1.165) is 46.2 Å². The number of ketones is 2. The third-order valence-electron chi connectivity index (χ3n) is 9.62. The number of unbranched alkanes of at least 4 members (excludes halogenated alkanes) is 1. The van der Waals surface area contributed by atoms with Crippen molar-refractivity contribution in [3.8, 4) is 11.5 Å². The molecule has 0 saturated heterocycles. The minimum atomic E-state index is -1.73. The summed E-state index contributed by atoms with van der Waals surface area (Å²) in [6, 6.07) is 8.21. The van der Waals surface area contributed by atoms with Crippen LogP contribution in [0.1, 0.15) is 168 Å². The summed E-state index contributed by atoms with van der Waals surface area (Å²) in [5.41, 5.74) is 16.3. The fourth-order valence-corrected chi connectivity index (χ4v) is 6.54. The van der Waals surface area contributed by atoms with Crippen LogP contribution >= 0.6 is 0 Å². The van der Waals surface area contributed by atoms with Crippen LogP contribution in [0.15, 0.2) is 24.3 Å². The van der Waals surface area contributed by atoms with E-state index in [4.69, 9.17) is 11.5 Å². The van der Waals surface area contributed by atoms with Crippen molar-refractivity contribution in [3.63, 3.8) is 0 Å². The Balaban J connectivity index is 2.21. The maximum Gasteiger partial charge on any atom is 0.167 e.